The summed E-state index contributed by atoms with van der Waals surface area (Å²) in [7, 11) is 0. The van der Waals surface area contributed by atoms with Gasteiger partial charge in [-0.3, -0.25) is 4.68 Å². The van der Waals surface area contributed by atoms with Crippen LogP contribution in [0, 0.1) is 0 Å². The third-order valence-electron chi connectivity index (χ3n) is 1.28. The normalized spacial score (nSPS) is 10.3. The molecule has 0 fully saturated rings. The van der Waals surface area contributed by atoms with Crippen molar-refractivity contribution in [2.24, 2.45) is 5.73 Å². The number of hydrogen-bond donors (Lipinski definition) is 1. The lowest BCUT2D eigenvalue weighted by molar-refractivity contribution is 0.749. The Hall–Kier alpha value is -0.480. The highest BCUT2D eigenvalue weighted by Gasteiger charge is 1.89. The van der Waals surface area contributed by atoms with Crippen molar-refractivity contribution in [2.45, 2.75) is 12.3 Å². The lowest BCUT2D eigenvalue weighted by atomic mass is 10.5. The van der Waals surface area contributed by atoms with E-state index in [0.29, 0.717) is 0 Å². The van der Waals surface area contributed by atoms with Gasteiger partial charge in [-0.2, -0.15) is 5.10 Å². The van der Waals surface area contributed by atoms with Crippen LogP contribution in [-0.4, -0.2) is 22.1 Å². The minimum Gasteiger partial charge on any atom is -0.330 e. The number of rotatable bonds is 5. The maximum absolute atomic E-state index is 5.35. The van der Waals surface area contributed by atoms with Crippen molar-refractivity contribution >= 4 is 11.8 Å². The SMILES string of the molecule is NCCCSCn1cccn1. The van der Waals surface area contributed by atoms with Crippen molar-refractivity contribution < 1.29 is 0 Å². The van der Waals surface area contributed by atoms with E-state index in [-0.39, 0.29) is 0 Å². The first kappa shape index (κ1) is 8.62. The van der Waals surface area contributed by atoms with E-state index in [9.17, 15) is 0 Å². The zero-order valence-corrected chi connectivity index (χ0v) is 7.26. The van der Waals surface area contributed by atoms with Gasteiger partial charge in [0.25, 0.3) is 0 Å². The van der Waals surface area contributed by atoms with Gasteiger partial charge in [0.1, 0.15) is 0 Å². The van der Waals surface area contributed by atoms with Gasteiger partial charge in [-0.1, -0.05) is 0 Å². The van der Waals surface area contributed by atoms with E-state index in [1.165, 1.54) is 0 Å². The zero-order chi connectivity index (χ0) is 7.94. The fourth-order valence-corrected chi connectivity index (χ4v) is 1.56. The molecule has 0 aromatic carbocycles. The van der Waals surface area contributed by atoms with Gasteiger partial charge in [0.2, 0.25) is 0 Å². The highest BCUT2D eigenvalue weighted by Crippen LogP contribution is 2.04. The fraction of sp³-hybridized carbons (Fsp3) is 0.571. The average molecular weight is 171 g/mol. The highest BCUT2D eigenvalue weighted by molar-refractivity contribution is 7.98. The number of thioether (sulfide) groups is 1. The van der Waals surface area contributed by atoms with Gasteiger partial charge in [0.15, 0.2) is 0 Å². The average Bonchev–Trinajstić information content (AvgIpc) is 2.50. The van der Waals surface area contributed by atoms with E-state index < -0.39 is 0 Å². The Labute approximate surface area is 71.0 Å². The van der Waals surface area contributed by atoms with Gasteiger partial charge >= 0.3 is 0 Å². The van der Waals surface area contributed by atoms with Gasteiger partial charge in [-0.15, -0.1) is 11.8 Å². The standard InChI is InChI=1S/C7H13N3S/c8-3-1-6-11-7-10-5-2-4-9-10/h2,4-5H,1,3,6-8H2. The van der Waals surface area contributed by atoms with E-state index in [4.69, 9.17) is 5.73 Å². The Morgan fingerprint density at radius 2 is 2.45 bits per heavy atom. The molecule has 0 atom stereocenters. The van der Waals surface area contributed by atoms with E-state index in [0.717, 1.165) is 24.6 Å². The molecular weight excluding hydrogens is 158 g/mol. The number of nitrogens with two attached hydrogens (primary N) is 1. The highest BCUT2D eigenvalue weighted by atomic mass is 32.2. The Morgan fingerprint density at radius 3 is 3.09 bits per heavy atom. The summed E-state index contributed by atoms with van der Waals surface area (Å²) in [5.41, 5.74) is 5.35. The molecular formula is C7H13N3S. The molecule has 0 aliphatic carbocycles. The Morgan fingerprint density at radius 1 is 1.55 bits per heavy atom. The molecule has 0 spiro atoms. The van der Waals surface area contributed by atoms with Crippen LogP contribution < -0.4 is 5.73 Å². The second kappa shape index (κ2) is 5.21. The van der Waals surface area contributed by atoms with Gasteiger partial charge in [0.05, 0.1) is 5.88 Å². The number of aromatic nitrogens is 2. The third kappa shape index (κ3) is 3.43. The summed E-state index contributed by atoms with van der Waals surface area (Å²) >= 11 is 1.86. The summed E-state index contributed by atoms with van der Waals surface area (Å²) in [6, 6.07) is 1.93. The third-order valence-corrected chi connectivity index (χ3v) is 2.30. The molecule has 1 aromatic heterocycles. The molecule has 0 saturated heterocycles. The lowest BCUT2D eigenvalue weighted by Crippen LogP contribution is -2.01. The second-order valence-corrected chi connectivity index (χ2v) is 3.30. The zero-order valence-electron chi connectivity index (χ0n) is 6.44. The molecule has 0 unspecified atom stereocenters. The summed E-state index contributed by atoms with van der Waals surface area (Å²) in [6.45, 7) is 0.784. The summed E-state index contributed by atoms with van der Waals surface area (Å²) in [4.78, 5) is 0. The second-order valence-electron chi connectivity index (χ2n) is 2.23. The maximum atomic E-state index is 5.35. The molecule has 2 N–H and O–H groups in total. The summed E-state index contributed by atoms with van der Waals surface area (Å²) in [5, 5.41) is 4.08. The van der Waals surface area contributed by atoms with Crippen molar-refractivity contribution in [3.05, 3.63) is 18.5 Å². The summed E-state index contributed by atoms with van der Waals surface area (Å²) in [5.74, 6) is 2.06. The Bertz CT molecular complexity index is 174. The van der Waals surface area contributed by atoms with Crippen LogP contribution in [0.25, 0.3) is 0 Å². The van der Waals surface area contributed by atoms with E-state index in [1.54, 1.807) is 6.20 Å². The van der Waals surface area contributed by atoms with Crippen molar-refractivity contribution in [1.82, 2.24) is 9.78 Å². The predicted molar refractivity (Wildman–Crippen MR) is 48.4 cm³/mol. The molecule has 0 amide bonds. The number of hydrogen-bond acceptors (Lipinski definition) is 3. The smallest absolute Gasteiger partial charge is 0.0863 e. The predicted octanol–water partition coefficient (Wildman–Crippen LogP) is 0.923. The van der Waals surface area contributed by atoms with Crippen LogP contribution in [-0.2, 0) is 5.88 Å². The molecule has 0 bridgehead atoms. The van der Waals surface area contributed by atoms with Crippen LogP contribution in [0.1, 0.15) is 6.42 Å². The van der Waals surface area contributed by atoms with E-state index >= 15 is 0 Å². The first-order valence-corrected chi connectivity index (χ1v) is 4.84. The van der Waals surface area contributed by atoms with Crippen LogP contribution in [0.4, 0.5) is 0 Å². The van der Waals surface area contributed by atoms with Crippen LogP contribution >= 0.6 is 11.8 Å². The van der Waals surface area contributed by atoms with Gasteiger partial charge < -0.3 is 5.73 Å². The molecule has 3 nitrogen and oxygen atoms in total. The Balaban J connectivity index is 2.04. The van der Waals surface area contributed by atoms with Crippen molar-refractivity contribution in [3.63, 3.8) is 0 Å². The molecule has 1 heterocycles. The molecule has 1 rings (SSSR count). The number of nitrogens with zero attached hydrogens (tertiary/aromatic N) is 2. The van der Waals surface area contributed by atoms with Gasteiger partial charge in [-0.25, -0.2) is 0 Å². The molecule has 62 valence electrons. The first-order valence-electron chi connectivity index (χ1n) is 3.68. The van der Waals surface area contributed by atoms with Gasteiger partial charge in [-0.05, 0) is 24.8 Å². The molecule has 4 heteroatoms. The van der Waals surface area contributed by atoms with Crippen LogP contribution in [0.2, 0.25) is 0 Å². The Kier molecular flexibility index (Phi) is 4.08. The minimum atomic E-state index is 0.784. The molecule has 1 aromatic rings. The topological polar surface area (TPSA) is 43.8 Å². The van der Waals surface area contributed by atoms with Crippen molar-refractivity contribution in [3.8, 4) is 0 Å². The molecule has 0 aliphatic heterocycles. The molecule has 0 aliphatic rings. The van der Waals surface area contributed by atoms with Gasteiger partial charge in [0, 0.05) is 12.4 Å². The fourth-order valence-electron chi connectivity index (χ4n) is 0.720. The first-order chi connectivity index (χ1) is 5.43. The summed E-state index contributed by atoms with van der Waals surface area (Å²) in [6.07, 6.45) is 4.85. The molecule has 0 saturated carbocycles. The molecule has 11 heavy (non-hydrogen) atoms. The van der Waals surface area contributed by atoms with E-state index in [1.807, 2.05) is 28.7 Å². The quantitative estimate of drug-likeness (QED) is 0.670. The van der Waals surface area contributed by atoms with E-state index in [2.05, 4.69) is 5.10 Å². The molecule has 0 radical (unpaired) electrons. The summed E-state index contributed by atoms with van der Waals surface area (Å²) < 4.78 is 1.92. The monoisotopic (exact) mass is 171 g/mol. The van der Waals surface area contributed by atoms with Crippen molar-refractivity contribution in [2.75, 3.05) is 12.3 Å². The van der Waals surface area contributed by atoms with Crippen LogP contribution in [0.5, 0.6) is 0 Å². The van der Waals surface area contributed by atoms with Crippen molar-refractivity contribution in [1.29, 1.82) is 0 Å². The minimum absolute atomic E-state index is 0.784. The maximum Gasteiger partial charge on any atom is 0.0863 e. The van der Waals surface area contributed by atoms with Crippen LogP contribution in [0.3, 0.4) is 0 Å². The lowest BCUT2D eigenvalue weighted by Gasteiger charge is -1.99. The van der Waals surface area contributed by atoms with Crippen LogP contribution in [0.15, 0.2) is 18.5 Å². The largest absolute Gasteiger partial charge is 0.330 e.